The van der Waals surface area contributed by atoms with Gasteiger partial charge in [-0.25, -0.2) is 0 Å². The highest BCUT2D eigenvalue weighted by Gasteiger charge is 2.38. The summed E-state index contributed by atoms with van der Waals surface area (Å²) in [6, 6.07) is 2.58. The second-order valence-corrected chi connectivity index (χ2v) is 7.33. The van der Waals surface area contributed by atoms with E-state index in [9.17, 15) is 14.9 Å². The van der Waals surface area contributed by atoms with E-state index in [1.54, 1.807) is 6.07 Å². The van der Waals surface area contributed by atoms with E-state index in [0.717, 1.165) is 18.5 Å². The van der Waals surface area contributed by atoms with E-state index in [2.05, 4.69) is 5.32 Å². The van der Waals surface area contributed by atoms with Gasteiger partial charge in [0.15, 0.2) is 16.6 Å². The fourth-order valence-corrected chi connectivity index (χ4v) is 4.20. The smallest absolute Gasteiger partial charge is 0.315 e. The van der Waals surface area contributed by atoms with Crippen LogP contribution >= 0.6 is 12.2 Å². The second-order valence-electron chi connectivity index (χ2n) is 6.94. The van der Waals surface area contributed by atoms with Crippen molar-refractivity contribution in [3.63, 3.8) is 0 Å². The Kier molecular flexibility index (Phi) is 6.36. The zero-order chi connectivity index (χ0) is 21.1. The van der Waals surface area contributed by atoms with Crippen molar-refractivity contribution in [1.29, 1.82) is 0 Å². The molecule has 0 bridgehead atoms. The Bertz CT molecular complexity index is 883. The molecule has 8 nitrogen and oxygen atoms in total. The van der Waals surface area contributed by atoms with Crippen LogP contribution in [0.3, 0.4) is 0 Å². The van der Waals surface area contributed by atoms with Crippen LogP contribution in [0.4, 0.5) is 5.69 Å². The summed E-state index contributed by atoms with van der Waals surface area (Å²) in [6.45, 7) is 4.88. The standard InChI is InChI=1S/C20H25N3O5S/c1-4-9-28-19-14(23(25)26)10-12(11-16(19)27-3)18-17-13(7-6-8-15(17)24)22(5-2)20(29)21-18/h10-11,18H,4-9H2,1-3H3,(H,21,29). The summed E-state index contributed by atoms with van der Waals surface area (Å²) in [6.07, 6.45) is 2.69. The molecule has 1 aromatic carbocycles. The summed E-state index contributed by atoms with van der Waals surface area (Å²) < 4.78 is 11.0. The highest BCUT2D eigenvalue weighted by Crippen LogP contribution is 2.43. The molecule has 1 atom stereocenters. The van der Waals surface area contributed by atoms with Crippen molar-refractivity contribution in [1.82, 2.24) is 10.2 Å². The number of rotatable bonds is 7. The Morgan fingerprint density at radius 3 is 2.72 bits per heavy atom. The summed E-state index contributed by atoms with van der Waals surface area (Å²) in [5, 5.41) is 15.5. The number of carbonyl (C=O) groups excluding carboxylic acids is 1. The number of nitrogens with zero attached hydrogens (tertiary/aromatic N) is 2. The molecule has 0 saturated carbocycles. The predicted octanol–water partition coefficient (Wildman–Crippen LogP) is 3.65. The zero-order valence-electron chi connectivity index (χ0n) is 16.8. The van der Waals surface area contributed by atoms with Gasteiger partial charge in [0.1, 0.15) is 0 Å². The molecule has 0 fully saturated rings. The lowest BCUT2D eigenvalue weighted by molar-refractivity contribution is -0.386. The second kappa shape index (κ2) is 8.77. The molecule has 1 aliphatic heterocycles. The lowest BCUT2D eigenvalue weighted by atomic mass is 9.84. The molecule has 0 saturated heterocycles. The number of hydrogen-bond acceptors (Lipinski definition) is 6. The maximum absolute atomic E-state index is 12.8. The molecule has 1 aromatic rings. The van der Waals surface area contributed by atoms with E-state index in [4.69, 9.17) is 21.7 Å². The minimum Gasteiger partial charge on any atom is -0.493 e. The Hall–Kier alpha value is -2.68. The molecule has 9 heteroatoms. The Morgan fingerprint density at radius 2 is 2.10 bits per heavy atom. The predicted molar refractivity (Wildman–Crippen MR) is 112 cm³/mol. The molecule has 0 radical (unpaired) electrons. The van der Waals surface area contributed by atoms with E-state index in [1.165, 1.54) is 13.2 Å². The van der Waals surface area contributed by atoms with Crippen molar-refractivity contribution in [2.24, 2.45) is 0 Å². The van der Waals surface area contributed by atoms with Crippen molar-refractivity contribution >= 4 is 28.8 Å². The van der Waals surface area contributed by atoms with Gasteiger partial charge in [0.2, 0.25) is 5.75 Å². The number of methoxy groups -OCH3 is 1. The number of allylic oxidation sites excluding steroid dienone is 1. The number of hydrogen-bond donors (Lipinski definition) is 1. The molecule has 29 heavy (non-hydrogen) atoms. The van der Waals surface area contributed by atoms with Crippen molar-refractivity contribution in [2.75, 3.05) is 20.3 Å². The van der Waals surface area contributed by atoms with Crippen LogP contribution in [0.2, 0.25) is 0 Å². The first kappa shape index (κ1) is 21.0. The fraction of sp³-hybridized carbons (Fsp3) is 0.500. The van der Waals surface area contributed by atoms with Gasteiger partial charge in [0.05, 0.1) is 24.7 Å². The topological polar surface area (TPSA) is 93.9 Å². The van der Waals surface area contributed by atoms with E-state index < -0.39 is 11.0 Å². The van der Waals surface area contributed by atoms with Gasteiger partial charge in [-0.3, -0.25) is 14.9 Å². The molecule has 0 amide bonds. The molecular formula is C20H25N3O5S. The number of Topliss-reactive ketones (excluding diaryl/α,β-unsaturated/α-hetero) is 1. The zero-order valence-corrected chi connectivity index (χ0v) is 17.6. The summed E-state index contributed by atoms with van der Waals surface area (Å²) >= 11 is 5.52. The van der Waals surface area contributed by atoms with E-state index >= 15 is 0 Å². The number of benzene rings is 1. The number of ketones is 1. The Labute approximate surface area is 175 Å². The number of nitrogens with one attached hydrogen (secondary N) is 1. The number of nitro benzene ring substituents is 1. The monoisotopic (exact) mass is 419 g/mol. The molecule has 0 spiro atoms. The van der Waals surface area contributed by atoms with Crippen LogP contribution in [0, 0.1) is 10.1 Å². The molecule has 0 aromatic heterocycles. The average molecular weight is 420 g/mol. The first-order valence-corrected chi connectivity index (χ1v) is 10.2. The van der Waals surface area contributed by atoms with Gasteiger partial charge in [0.25, 0.3) is 0 Å². The van der Waals surface area contributed by atoms with Crippen LogP contribution < -0.4 is 14.8 Å². The quantitative estimate of drug-likeness (QED) is 0.407. The van der Waals surface area contributed by atoms with E-state index in [0.29, 0.717) is 42.2 Å². The van der Waals surface area contributed by atoms with Gasteiger partial charge < -0.3 is 19.7 Å². The van der Waals surface area contributed by atoms with Gasteiger partial charge in [-0.05, 0) is 50.0 Å². The minimum absolute atomic E-state index is 0.0395. The normalized spacial score (nSPS) is 19.0. The summed E-state index contributed by atoms with van der Waals surface area (Å²) in [5.41, 5.74) is 1.90. The van der Waals surface area contributed by atoms with Crippen LogP contribution in [0.15, 0.2) is 23.4 Å². The molecule has 2 aliphatic rings. The lowest BCUT2D eigenvalue weighted by Gasteiger charge is -2.40. The lowest BCUT2D eigenvalue weighted by Crippen LogP contribution is -2.49. The molecule has 3 rings (SSSR count). The van der Waals surface area contributed by atoms with Gasteiger partial charge in [-0.2, -0.15) is 0 Å². The highest BCUT2D eigenvalue weighted by atomic mass is 32.1. The SMILES string of the molecule is CCCOc1c(OC)cc(C2NC(=S)N(CC)C3=C2C(=O)CCC3)cc1[N+](=O)[O-]. The number of ether oxygens (including phenoxy) is 2. The Balaban J connectivity index is 2.16. The van der Waals surface area contributed by atoms with E-state index in [-0.39, 0.29) is 23.0 Å². The third-order valence-corrected chi connectivity index (χ3v) is 5.47. The number of thiocarbonyl (C=S) groups is 1. The van der Waals surface area contributed by atoms with Crippen molar-refractivity contribution in [3.8, 4) is 11.5 Å². The largest absolute Gasteiger partial charge is 0.493 e. The van der Waals surface area contributed by atoms with Gasteiger partial charge in [-0.1, -0.05) is 6.92 Å². The fourth-order valence-electron chi connectivity index (χ4n) is 3.85. The van der Waals surface area contributed by atoms with Crippen LogP contribution in [-0.4, -0.2) is 41.0 Å². The number of nitro groups is 1. The highest BCUT2D eigenvalue weighted by molar-refractivity contribution is 7.80. The molecule has 156 valence electrons. The van der Waals surface area contributed by atoms with Crippen LogP contribution in [0.1, 0.15) is 51.1 Å². The van der Waals surface area contributed by atoms with Crippen LogP contribution in [0.25, 0.3) is 0 Å². The molecular weight excluding hydrogens is 394 g/mol. The Morgan fingerprint density at radius 1 is 1.34 bits per heavy atom. The third-order valence-electron chi connectivity index (χ3n) is 5.13. The third kappa shape index (κ3) is 3.91. The van der Waals surface area contributed by atoms with Crippen molar-refractivity contribution in [2.45, 2.75) is 45.6 Å². The first-order chi connectivity index (χ1) is 13.9. The number of carbonyl (C=O) groups is 1. The molecule has 1 unspecified atom stereocenters. The average Bonchev–Trinajstić information content (AvgIpc) is 2.71. The van der Waals surface area contributed by atoms with Crippen molar-refractivity contribution in [3.05, 3.63) is 39.1 Å². The van der Waals surface area contributed by atoms with Crippen LogP contribution in [0.5, 0.6) is 11.5 Å². The summed E-state index contributed by atoms with van der Waals surface area (Å²) in [5.74, 6) is 0.400. The van der Waals surface area contributed by atoms with Crippen LogP contribution in [-0.2, 0) is 4.79 Å². The summed E-state index contributed by atoms with van der Waals surface area (Å²) in [4.78, 5) is 26.0. The molecule has 1 heterocycles. The molecule has 1 N–H and O–H groups in total. The van der Waals surface area contributed by atoms with Crippen molar-refractivity contribution < 1.29 is 19.2 Å². The van der Waals surface area contributed by atoms with E-state index in [1.807, 2.05) is 18.7 Å². The molecule has 1 aliphatic carbocycles. The maximum Gasteiger partial charge on any atom is 0.315 e. The maximum atomic E-state index is 12.8. The van der Waals surface area contributed by atoms with Gasteiger partial charge in [0, 0.05) is 30.3 Å². The first-order valence-electron chi connectivity index (χ1n) is 9.76. The van der Waals surface area contributed by atoms with Gasteiger partial charge >= 0.3 is 5.69 Å². The van der Waals surface area contributed by atoms with Gasteiger partial charge in [-0.15, -0.1) is 0 Å². The summed E-state index contributed by atoms with van der Waals surface area (Å²) in [7, 11) is 1.44. The minimum atomic E-state index is -0.555.